The van der Waals surface area contributed by atoms with E-state index in [1.807, 2.05) is 36.4 Å². The maximum atomic E-state index is 6.17. The maximum absolute atomic E-state index is 6.17. The molecule has 0 saturated heterocycles. The van der Waals surface area contributed by atoms with E-state index in [0.717, 1.165) is 21.8 Å². The highest BCUT2D eigenvalue weighted by molar-refractivity contribution is 6.33. The highest BCUT2D eigenvalue weighted by atomic mass is 35.5. The van der Waals surface area contributed by atoms with Crippen molar-refractivity contribution in [2.24, 2.45) is 0 Å². The predicted molar refractivity (Wildman–Crippen MR) is 66.0 cm³/mol. The summed E-state index contributed by atoms with van der Waals surface area (Å²) in [7, 11) is 0. The molecule has 0 radical (unpaired) electrons. The molecule has 0 saturated carbocycles. The van der Waals surface area contributed by atoms with E-state index in [1.165, 1.54) is 5.56 Å². The minimum absolute atomic E-state index is 0.767. The van der Waals surface area contributed by atoms with Crippen LogP contribution in [0.3, 0.4) is 0 Å². The van der Waals surface area contributed by atoms with E-state index in [4.69, 9.17) is 17.3 Å². The van der Waals surface area contributed by atoms with Crippen molar-refractivity contribution in [3.63, 3.8) is 0 Å². The zero-order valence-electron chi connectivity index (χ0n) is 8.50. The number of halogens is 1. The molecule has 2 heteroatoms. The summed E-state index contributed by atoms with van der Waals surface area (Å²) in [6.45, 7) is 2.05. The number of aryl methyl sites for hydroxylation is 1. The molecule has 2 aromatic rings. The molecule has 0 bridgehead atoms. The van der Waals surface area contributed by atoms with Crippen LogP contribution in [-0.4, -0.2) is 0 Å². The van der Waals surface area contributed by atoms with Crippen LogP contribution in [0.1, 0.15) is 5.56 Å². The number of nitrogens with two attached hydrogens (primary N) is 1. The Kier molecular flexibility index (Phi) is 2.65. The van der Waals surface area contributed by atoms with E-state index in [2.05, 4.69) is 13.0 Å². The number of hydrogen-bond donors (Lipinski definition) is 1. The van der Waals surface area contributed by atoms with Crippen molar-refractivity contribution in [3.05, 3.63) is 53.1 Å². The zero-order chi connectivity index (χ0) is 10.8. The van der Waals surface area contributed by atoms with Crippen LogP contribution in [0.4, 0.5) is 5.69 Å². The molecule has 0 atom stereocenters. The molecular formula is C13H12ClN. The smallest absolute Gasteiger partial charge is 0.0487 e. The molecule has 76 valence electrons. The van der Waals surface area contributed by atoms with E-state index in [0.29, 0.717) is 0 Å². The fourth-order valence-corrected chi connectivity index (χ4v) is 1.98. The Hall–Kier alpha value is -1.47. The van der Waals surface area contributed by atoms with Gasteiger partial charge in [-0.05, 0) is 36.2 Å². The summed E-state index contributed by atoms with van der Waals surface area (Å²) >= 11 is 6.17. The summed E-state index contributed by atoms with van der Waals surface area (Å²) in [6, 6.07) is 13.7. The van der Waals surface area contributed by atoms with Gasteiger partial charge in [0.2, 0.25) is 0 Å². The third kappa shape index (κ3) is 1.97. The van der Waals surface area contributed by atoms with Crippen molar-refractivity contribution in [1.29, 1.82) is 0 Å². The van der Waals surface area contributed by atoms with E-state index in [9.17, 15) is 0 Å². The van der Waals surface area contributed by atoms with Crippen LogP contribution in [-0.2, 0) is 0 Å². The fraction of sp³-hybridized carbons (Fsp3) is 0.0769. The summed E-state index contributed by atoms with van der Waals surface area (Å²) in [5.41, 5.74) is 9.77. The van der Waals surface area contributed by atoms with E-state index in [1.54, 1.807) is 0 Å². The Morgan fingerprint density at radius 1 is 1.00 bits per heavy atom. The van der Waals surface area contributed by atoms with Gasteiger partial charge in [0.25, 0.3) is 0 Å². The highest BCUT2D eigenvalue weighted by Crippen LogP contribution is 2.31. The first kappa shape index (κ1) is 10.1. The molecule has 0 unspecified atom stereocenters. The summed E-state index contributed by atoms with van der Waals surface area (Å²) in [4.78, 5) is 0. The largest absolute Gasteiger partial charge is 0.399 e. The molecule has 0 aliphatic rings. The predicted octanol–water partition coefficient (Wildman–Crippen LogP) is 3.90. The van der Waals surface area contributed by atoms with Crippen LogP contribution in [0.5, 0.6) is 0 Å². The lowest BCUT2D eigenvalue weighted by molar-refractivity contribution is 1.46. The lowest BCUT2D eigenvalue weighted by Gasteiger charge is -2.08. The maximum Gasteiger partial charge on any atom is 0.0487 e. The Labute approximate surface area is 94.5 Å². The number of benzene rings is 2. The van der Waals surface area contributed by atoms with Crippen LogP contribution in [0.15, 0.2) is 42.5 Å². The first-order chi connectivity index (χ1) is 7.18. The van der Waals surface area contributed by atoms with Gasteiger partial charge >= 0.3 is 0 Å². The van der Waals surface area contributed by atoms with Gasteiger partial charge in [0.1, 0.15) is 0 Å². The first-order valence-corrected chi connectivity index (χ1v) is 5.17. The Bertz CT molecular complexity index is 454. The van der Waals surface area contributed by atoms with Gasteiger partial charge < -0.3 is 5.73 Å². The van der Waals surface area contributed by atoms with Gasteiger partial charge in [0, 0.05) is 16.3 Å². The number of hydrogen-bond acceptors (Lipinski definition) is 1. The van der Waals surface area contributed by atoms with Crippen molar-refractivity contribution < 1.29 is 0 Å². The Morgan fingerprint density at radius 2 is 1.67 bits per heavy atom. The average Bonchev–Trinajstić information content (AvgIpc) is 2.20. The van der Waals surface area contributed by atoms with E-state index >= 15 is 0 Å². The Balaban J connectivity index is 2.58. The van der Waals surface area contributed by atoms with Gasteiger partial charge in [0.15, 0.2) is 0 Å². The molecule has 0 amide bonds. The van der Waals surface area contributed by atoms with Gasteiger partial charge in [0.05, 0.1) is 0 Å². The molecule has 0 aliphatic carbocycles. The van der Waals surface area contributed by atoms with E-state index < -0.39 is 0 Å². The molecule has 1 nitrogen and oxygen atoms in total. The molecule has 2 rings (SSSR count). The van der Waals surface area contributed by atoms with Crippen LogP contribution in [0, 0.1) is 6.92 Å². The van der Waals surface area contributed by atoms with Gasteiger partial charge in [-0.25, -0.2) is 0 Å². The van der Waals surface area contributed by atoms with Crippen molar-refractivity contribution in [3.8, 4) is 11.1 Å². The second kappa shape index (κ2) is 3.95. The van der Waals surface area contributed by atoms with Crippen LogP contribution in [0.25, 0.3) is 11.1 Å². The molecule has 0 fully saturated rings. The van der Waals surface area contributed by atoms with Crippen molar-refractivity contribution in [1.82, 2.24) is 0 Å². The third-order valence-corrected chi connectivity index (χ3v) is 2.74. The molecule has 2 aromatic carbocycles. The standard InChI is InChI=1S/C13H12ClN/c1-9-3-2-4-12(14)13(9)10-5-7-11(15)8-6-10/h2-8H,15H2,1H3. The van der Waals surface area contributed by atoms with Crippen molar-refractivity contribution >= 4 is 17.3 Å². The summed E-state index contributed by atoms with van der Waals surface area (Å²) in [5, 5.41) is 0.778. The van der Waals surface area contributed by atoms with Gasteiger partial charge in [-0.15, -0.1) is 0 Å². The quantitative estimate of drug-likeness (QED) is 0.721. The summed E-state index contributed by atoms with van der Waals surface area (Å²) in [5.74, 6) is 0. The van der Waals surface area contributed by atoms with Gasteiger partial charge in [-0.3, -0.25) is 0 Å². The minimum atomic E-state index is 0.767. The van der Waals surface area contributed by atoms with Crippen LogP contribution >= 0.6 is 11.6 Å². The monoisotopic (exact) mass is 217 g/mol. The topological polar surface area (TPSA) is 26.0 Å². The first-order valence-electron chi connectivity index (χ1n) is 4.79. The number of anilines is 1. The fourth-order valence-electron chi connectivity index (χ4n) is 1.65. The summed E-state index contributed by atoms with van der Waals surface area (Å²) < 4.78 is 0. The lowest BCUT2D eigenvalue weighted by atomic mass is 10.0. The van der Waals surface area contributed by atoms with Crippen molar-refractivity contribution in [2.75, 3.05) is 5.73 Å². The lowest BCUT2D eigenvalue weighted by Crippen LogP contribution is -1.87. The van der Waals surface area contributed by atoms with Gasteiger partial charge in [-0.1, -0.05) is 35.9 Å². The second-order valence-corrected chi connectivity index (χ2v) is 3.96. The van der Waals surface area contributed by atoms with Crippen molar-refractivity contribution in [2.45, 2.75) is 6.92 Å². The number of rotatable bonds is 1. The molecule has 2 N–H and O–H groups in total. The molecular weight excluding hydrogens is 206 g/mol. The van der Waals surface area contributed by atoms with Gasteiger partial charge in [-0.2, -0.15) is 0 Å². The SMILES string of the molecule is Cc1cccc(Cl)c1-c1ccc(N)cc1. The molecule has 0 aliphatic heterocycles. The summed E-state index contributed by atoms with van der Waals surface area (Å²) in [6.07, 6.45) is 0. The third-order valence-electron chi connectivity index (χ3n) is 2.42. The minimum Gasteiger partial charge on any atom is -0.399 e. The molecule has 15 heavy (non-hydrogen) atoms. The molecule has 0 aromatic heterocycles. The molecule has 0 heterocycles. The molecule has 0 spiro atoms. The normalized spacial score (nSPS) is 10.3. The highest BCUT2D eigenvalue weighted by Gasteiger charge is 2.05. The zero-order valence-corrected chi connectivity index (χ0v) is 9.25. The number of nitrogen functional groups attached to an aromatic ring is 1. The average molecular weight is 218 g/mol. The Morgan fingerprint density at radius 3 is 2.27 bits per heavy atom. The van der Waals surface area contributed by atoms with Crippen LogP contribution < -0.4 is 5.73 Å². The second-order valence-electron chi connectivity index (χ2n) is 3.55. The van der Waals surface area contributed by atoms with E-state index in [-0.39, 0.29) is 0 Å². The van der Waals surface area contributed by atoms with Crippen LogP contribution in [0.2, 0.25) is 5.02 Å².